The molecule has 0 spiro atoms. The van der Waals surface area contributed by atoms with Crippen LogP contribution >= 0.6 is 23.2 Å². The lowest BCUT2D eigenvalue weighted by Gasteiger charge is -1.92. The molecule has 0 aliphatic rings. The van der Waals surface area contributed by atoms with Crippen LogP contribution in [0.25, 0.3) is 11.0 Å². The van der Waals surface area contributed by atoms with E-state index in [1.54, 1.807) is 0 Å². The Hall–Kier alpha value is -0.730. The number of H-pyrrole nitrogens is 1. The predicted octanol–water partition coefficient (Wildman–Crippen LogP) is 3.78. The molecule has 0 amide bonds. The quantitative estimate of drug-likeness (QED) is 0.642. The molecule has 15 heavy (non-hydrogen) atoms. The zero-order valence-electron chi connectivity index (χ0n) is 8.26. The van der Waals surface area contributed by atoms with Crippen LogP contribution < -0.4 is 0 Å². The summed E-state index contributed by atoms with van der Waals surface area (Å²) in [5.41, 5.74) is 1.86. The van der Waals surface area contributed by atoms with E-state index < -0.39 is 0 Å². The Kier molecular flexibility index (Phi) is 3.49. The number of aromatic nitrogens is 2. The fourth-order valence-corrected chi connectivity index (χ4v) is 1.96. The summed E-state index contributed by atoms with van der Waals surface area (Å²) < 4.78 is 0. The highest BCUT2D eigenvalue weighted by Gasteiger charge is 2.04. The van der Waals surface area contributed by atoms with Crippen molar-refractivity contribution in [1.82, 2.24) is 9.97 Å². The fourth-order valence-electron chi connectivity index (χ4n) is 1.55. The van der Waals surface area contributed by atoms with Crippen LogP contribution in [-0.2, 0) is 6.42 Å². The van der Waals surface area contributed by atoms with Gasteiger partial charge in [0, 0.05) is 12.3 Å². The van der Waals surface area contributed by atoms with Crippen LogP contribution in [0, 0.1) is 0 Å². The second-order valence-electron chi connectivity index (χ2n) is 3.47. The number of hydrogen-bond donors (Lipinski definition) is 1. The molecule has 2 nitrogen and oxygen atoms in total. The summed E-state index contributed by atoms with van der Waals surface area (Å²) in [5, 5.41) is 0.701. The van der Waals surface area contributed by atoms with Crippen LogP contribution in [0.2, 0.25) is 5.02 Å². The number of nitrogens with one attached hydrogen (secondary N) is 1. The highest BCUT2D eigenvalue weighted by molar-refractivity contribution is 6.34. The number of hydrogen-bond acceptors (Lipinski definition) is 1. The number of benzene rings is 1. The van der Waals surface area contributed by atoms with Crippen molar-refractivity contribution in [2.24, 2.45) is 0 Å². The minimum atomic E-state index is 0.701. The van der Waals surface area contributed by atoms with Crippen molar-refractivity contribution in [2.45, 2.75) is 19.3 Å². The van der Waals surface area contributed by atoms with E-state index in [0.717, 1.165) is 36.1 Å². The number of nitrogens with zero attached hydrogens (tertiary/aromatic N) is 1. The largest absolute Gasteiger partial charge is 0.342 e. The summed E-state index contributed by atoms with van der Waals surface area (Å²) >= 11 is 11.6. The van der Waals surface area contributed by atoms with Gasteiger partial charge in [-0.15, -0.1) is 11.6 Å². The Labute approximate surface area is 98.6 Å². The van der Waals surface area contributed by atoms with Gasteiger partial charge in [-0.25, -0.2) is 4.98 Å². The maximum Gasteiger partial charge on any atom is 0.107 e. The molecule has 2 rings (SSSR count). The number of aryl methyl sites for hydroxylation is 1. The highest BCUT2D eigenvalue weighted by atomic mass is 35.5. The Balaban J connectivity index is 2.20. The zero-order chi connectivity index (χ0) is 10.7. The van der Waals surface area contributed by atoms with E-state index in [9.17, 15) is 0 Å². The Morgan fingerprint density at radius 1 is 1.27 bits per heavy atom. The maximum absolute atomic E-state index is 6.03. The third kappa shape index (κ3) is 2.44. The summed E-state index contributed by atoms with van der Waals surface area (Å²) in [6, 6.07) is 5.76. The standard InChI is InChI=1S/C11H12Cl2N2/c12-7-2-1-6-10-14-9-5-3-4-8(13)11(9)15-10/h3-5H,1-2,6-7H2,(H,14,15). The molecule has 4 heteroatoms. The molecule has 1 N–H and O–H groups in total. The minimum absolute atomic E-state index is 0.701. The van der Waals surface area contributed by atoms with E-state index in [0.29, 0.717) is 10.9 Å². The second kappa shape index (κ2) is 4.86. The molecule has 0 unspecified atom stereocenters. The van der Waals surface area contributed by atoms with Crippen LogP contribution in [0.3, 0.4) is 0 Å². The normalized spacial score (nSPS) is 11.1. The van der Waals surface area contributed by atoms with Crippen molar-refractivity contribution in [3.63, 3.8) is 0 Å². The minimum Gasteiger partial charge on any atom is -0.342 e. The number of para-hydroxylation sites is 1. The van der Waals surface area contributed by atoms with Crippen molar-refractivity contribution in [2.75, 3.05) is 5.88 Å². The highest BCUT2D eigenvalue weighted by Crippen LogP contribution is 2.21. The average molecular weight is 243 g/mol. The maximum atomic E-state index is 6.03. The van der Waals surface area contributed by atoms with E-state index in [1.165, 1.54) is 0 Å². The van der Waals surface area contributed by atoms with Gasteiger partial charge in [0.1, 0.15) is 11.3 Å². The van der Waals surface area contributed by atoms with Crippen molar-refractivity contribution in [1.29, 1.82) is 0 Å². The first kappa shape index (κ1) is 10.8. The Bertz CT molecular complexity index is 451. The van der Waals surface area contributed by atoms with Crippen molar-refractivity contribution in [3.8, 4) is 0 Å². The summed E-state index contributed by atoms with van der Waals surface area (Å²) in [6.07, 6.45) is 3.00. The molecule has 80 valence electrons. The first-order valence-corrected chi connectivity index (χ1v) is 5.91. The second-order valence-corrected chi connectivity index (χ2v) is 4.25. The molecule has 0 fully saturated rings. The van der Waals surface area contributed by atoms with E-state index in [2.05, 4.69) is 9.97 Å². The van der Waals surface area contributed by atoms with Crippen molar-refractivity contribution in [3.05, 3.63) is 29.0 Å². The summed E-state index contributed by atoms with van der Waals surface area (Å²) in [5.74, 6) is 1.70. The molecule has 0 atom stereocenters. The van der Waals surface area contributed by atoms with Crippen LogP contribution in [0.5, 0.6) is 0 Å². The van der Waals surface area contributed by atoms with Gasteiger partial charge in [-0.1, -0.05) is 17.7 Å². The van der Waals surface area contributed by atoms with Gasteiger partial charge in [-0.05, 0) is 25.0 Å². The summed E-state index contributed by atoms with van der Waals surface area (Å²) in [6.45, 7) is 0. The molecule has 0 aliphatic carbocycles. The van der Waals surface area contributed by atoms with E-state index in [-0.39, 0.29) is 0 Å². The summed E-state index contributed by atoms with van der Waals surface area (Å²) in [7, 11) is 0. The smallest absolute Gasteiger partial charge is 0.107 e. The van der Waals surface area contributed by atoms with Crippen LogP contribution in [0.1, 0.15) is 18.7 Å². The number of fused-ring (bicyclic) bond motifs is 1. The third-order valence-corrected chi connectivity index (χ3v) is 2.88. The lowest BCUT2D eigenvalue weighted by Crippen LogP contribution is -1.88. The molecule has 1 aromatic heterocycles. The van der Waals surface area contributed by atoms with Crippen LogP contribution in [0.4, 0.5) is 0 Å². The number of aromatic amines is 1. The Morgan fingerprint density at radius 3 is 2.87 bits per heavy atom. The van der Waals surface area contributed by atoms with Gasteiger partial charge < -0.3 is 4.98 Å². The first-order chi connectivity index (χ1) is 7.31. The first-order valence-electron chi connectivity index (χ1n) is 5.00. The Morgan fingerprint density at radius 2 is 2.13 bits per heavy atom. The molecule has 0 saturated heterocycles. The average Bonchev–Trinajstić information content (AvgIpc) is 2.63. The van der Waals surface area contributed by atoms with E-state index in [1.807, 2.05) is 18.2 Å². The van der Waals surface area contributed by atoms with Gasteiger partial charge in [0.25, 0.3) is 0 Å². The predicted molar refractivity (Wildman–Crippen MR) is 64.8 cm³/mol. The molecule has 0 radical (unpaired) electrons. The lowest BCUT2D eigenvalue weighted by molar-refractivity contribution is 0.769. The zero-order valence-corrected chi connectivity index (χ0v) is 9.78. The number of unbranched alkanes of at least 4 members (excludes halogenated alkanes) is 1. The van der Waals surface area contributed by atoms with Crippen molar-refractivity contribution < 1.29 is 0 Å². The number of alkyl halides is 1. The van der Waals surface area contributed by atoms with Crippen LogP contribution in [-0.4, -0.2) is 15.8 Å². The molecular formula is C11H12Cl2N2. The molecule has 1 heterocycles. The molecule has 2 aromatic rings. The number of rotatable bonds is 4. The van der Waals surface area contributed by atoms with E-state index in [4.69, 9.17) is 23.2 Å². The fraction of sp³-hybridized carbons (Fsp3) is 0.364. The number of halogens is 2. The summed E-state index contributed by atoms with van der Waals surface area (Å²) in [4.78, 5) is 7.71. The lowest BCUT2D eigenvalue weighted by atomic mass is 10.2. The molecular weight excluding hydrogens is 231 g/mol. The van der Waals surface area contributed by atoms with Gasteiger partial charge in [-0.2, -0.15) is 0 Å². The van der Waals surface area contributed by atoms with Gasteiger partial charge in [-0.3, -0.25) is 0 Å². The third-order valence-electron chi connectivity index (χ3n) is 2.31. The van der Waals surface area contributed by atoms with Gasteiger partial charge in [0.2, 0.25) is 0 Å². The molecule has 1 aromatic carbocycles. The van der Waals surface area contributed by atoms with Crippen molar-refractivity contribution >= 4 is 34.2 Å². The van der Waals surface area contributed by atoms with E-state index >= 15 is 0 Å². The van der Waals surface area contributed by atoms with Gasteiger partial charge >= 0.3 is 0 Å². The topological polar surface area (TPSA) is 28.7 Å². The molecule has 0 bridgehead atoms. The van der Waals surface area contributed by atoms with Crippen LogP contribution in [0.15, 0.2) is 18.2 Å². The monoisotopic (exact) mass is 242 g/mol. The SMILES string of the molecule is ClCCCCc1nc2c(Cl)cccc2[nH]1. The number of imidazole rings is 1. The molecule has 0 saturated carbocycles. The molecule has 0 aliphatic heterocycles. The van der Waals surface area contributed by atoms with Gasteiger partial charge in [0.05, 0.1) is 10.5 Å². The van der Waals surface area contributed by atoms with Gasteiger partial charge in [0.15, 0.2) is 0 Å².